The van der Waals surface area contributed by atoms with Crippen LogP contribution in [0.1, 0.15) is 21.5 Å². The molecule has 0 aliphatic carbocycles. The number of hydrogen-bond acceptors (Lipinski definition) is 4. The van der Waals surface area contributed by atoms with Gasteiger partial charge in [0, 0.05) is 11.8 Å². The number of aliphatic hydroxyl groups excluding tert-OH is 1. The maximum Gasteiger partial charge on any atom is 0.261 e. The second-order valence-corrected chi connectivity index (χ2v) is 5.74. The highest BCUT2D eigenvalue weighted by Gasteiger charge is 2.09. The summed E-state index contributed by atoms with van der Waals surface area (Å²) in [5.74, 6) is 5.28. The summed E-state index contributed by atoms with van der Waals surface area (Å²) < 4.78 is 0. The van der Waals surface area contributed by atoms with Gasteiger partial charge in [-0.3, -0.25) is 4.79 Å². The molecule has 0 spiro atoms. The third-order valence-corrected chi connectivity index (χ3v) is 4.04. The average molecular weight is 269 g/mol. The molecule has 1 heterocycles. The van der Waals surface area contributed by atoms with Crippen LogP contribution in [0.3, 0.4) is 0 Å². The SMILES string of the molecule is CSC(C)CNC(=O)c1ccc(C#CCO)s1. The Kier molecular flexibility index (Phi) is 6.12. The Labute approximate surface area is 110 Å². The number of carbonyl (C=O) groups is 1. The summed E-state index contributed by atoms with van der Waals surface area (Å²) in [5.41, 5.74) is 0. The molecule has 1 aromatic heterocycles. The van der Waals surface area contributed by atoms with Gasteiger partial charge in [0.05, 0.1) is 9.75 Å². The zero-order valence-corrected chi connectivity index (χ0v) is 11.5. The van der Waals surface area contributed by atoms with Crippen molar-refractivity contribution < 1.29 is 9.90 Å². The van der Waals surface area contributed by atoms with Gasteiger partial charge in [0.2, 0.25) is 0 Å². The monoisotopic (exact) mass is 269 g/mol. The summed E-state index contributed by atoms with van der Waals surface area (Å²) in [4.78, 5) is 13.2. The number of hydrogen-bond donors (Lipinski definition) is 2. The highest BCUT2D eigenvalue weighted by atomic mass is 32.2. The predicted octanol–water partition coefficient (Wildman–Crippen LogP) is 1.57. The summed E-state index contributed by atoms with van der Waals surface area (Å²) in [6.45, 7) is 2.57. The Morgan fingerprint density at radius 1 is 1.65 bits per heavy atom. The molecule has 0 saturated carbocycles. The van der Waals surface area contributed by atoms with E-state index in [0.29, 0.717) is 16.7 Å². The lowest BCUT2D eigenvalue weighted by Crippen LogP contribution is -2.28. The molecule has 0 aromatic carbocycles. The van der Waals surface area contributed by atoms with Crippen LogP contribution in [0.4, 0.5) is 0 Å². The molecule has 0 radical (unpaired) electrons. The van der Waals surface area contributed by atoms with Gasteiger partial charge in [0.25, 0.3) is 5.91 Å². The molecule has 5 heteroatoms. The van der Waals surface area contributed by atoms with E-state index in [1.165, 1.54) is 11.3 Å². The first kappa shape index (κ1) is 14.1. The van der Waals surface area contributed by atoms with Crippen LogP contribution in [-0.4, -0.2) is 35.7 Å². The minimum absolute atomic E-state index is 0.0621. The van der Waals surface area contributed by atoms with Crippen LogP contribution in [0.15, 0.2) is 12.1 Å². The van der Waals surface area contributed by atoms with E-state index in [-0.39, 0.29) is 12.5 Å². The number of thioether (sulfide) groups is 1. The van der Waals surface area contributed by atoms with Crippen LogP contribution < -0.4 is 5.32 Å². The Balaban J connectivity index is 2.55. The fourth-order valence-electron chi connectivity index (χ4n) is 1.06. The second-order valence-electron chi connectivity index (χ2n) is 3.38. The van der Waals surface area contributed by atoms with Gasteiger partial charge in [0.15, 0.2) is 0 Å². The first-order valence-electron chi connectivity index (χ1n) is 5.18. The molecule has 1 rings (SSSR count). The summed E-state index contributed by atoms with van der Waals surface area (Å²) in [5, 5.41) is 11.8. The van der Waals surface area contributed by atoms with E-state index in [0.717, 1.165) is 4.88 Å². The molecule has 3 nitrogen and oxygen atoms in total. The minimum atomic E-state index is -0.162. The fraction of sp³-hybridized carbons (Fsp3) is 0.417. The van der Waals surface area contributed by atoms with E-state index in [1.807, 2.05) is 6.26 Å². The van der Waals surface area contributed by atoms with Crippen LogP contribution in [0, 0.1) is 11.8 Å². The molecule has 92 valence electrons. The molecule has 0 saturated heterocycles. The second kappa shape index (κ2) is 7.38. The van der Waals surface area contributed by atoms with E-state index in [9.17, 15) is 4.79 Å². The summed E-state index contributed by atoms with van der Waals surface area (Å²) >= 11 is 3.05. The number of carbonyl (C=O) groups excluding carboxylic acids is 1. The number of thiophene rings is 1. The van der Waals surface area contributed by atoms with Gasteiger partial charge in [0.1, 0.15) is 6.61 Å². The molecule has 1 amide bonds. The topological polar surface area (TPSA) is 49.3 Å². The Morgan fingerprint density at radius 3 is 3.06 bits per heavy atom. The lowest BCUT2D eigenvalue weighted by atomic mass is 10.4. The van der Waals surface area contributed by atoms with Crippen molar-refractivity contribution >= 4 is 29.0 Å². The molecule has 0 fully saturated rings. The fourth-order valence-corrected chi connectivity index (χ4v) is 2.11. The van der Waals surface area contributed by atoms with Crippen LogP contribution >= 0.6 is 23.1 Å². The molecule has 0 bridgehead atoms. The molecular weight excluding hydrogens is 254 g/mol. The van der Waals surface area contributed by atoms with E-state index < -0.39 is 0 Å². The van der Waals surface area contributed by atoms with Crippen molar-refractivity contribution in [1.82, 2.24) is 5.32 Å². The predicted molar refractivity (Wildman–Crippen MR) is 73.6 cm³/mol. The zero-order chi connectivity index (χ0) is 12.7. The molecule has 17 heavy (non-hydrogen) atoms. The third kappa shape index (κ3) is 4.82. The highest BCUT2D eigenvalue weighted by Crippen LogP contribution is 2.15. The number of rotatable bonds is 4. The van der Waals surface area contributed by atoms with Crippen LogP contribution in [0.2, 0.25) is 0 Å². The van der Waals surface area contributed by atoms with Crippen molar-refractivity contribution in [3.63, 3.8) is 0 Å². The smallest absolute Gasteiger partial charge is 0.261 e. The van der Waals surface area contributed by atoms with Crippen molar-refractivity contribution in [3.05, 3.63) is 21.9 Å². The summed E-state index contributed by atoms with van der Waals surface area (Å²) in [6, 6.07) is 3.55. The van der Waals surface area contributed by atoms with Crippen LogP contribution in [0.5, 0.6) is 0 Å². The molecule has 1 atom stereocenters. The summed E-state index contributed by atoms with van der Waals surface area (Å²) in [6.07, 6.45) is 2.02. The zero-order valence-electron chi connectivity index (χ0n) is 9.82. The molecule has 0 aliphatic heterocycles. The van der Waals surface area contributed by atoms with E-state index in [4.69, 9.17) is 5.11 Å². The normalized spacial score (nSPS) is 11.5. The first-order chi connectivity index (χ1) is 8.17. The lowest BCUT2D eigenvalue weighted by Gasteiger charge is -2.08. The van der Waals surface area contributed by atoms with Gasteiger partial charge in [-0.2, -0.15) is 11.8 Å². The van der Waals surface area contributed by atoms with Gasteiger partial charge in [-0.25, -0.2) is 0 Å². The Morgan fingerprint density at radius 2 is 2.41 bits per heavy atom. The van der Waals surface area contributed by atoms with Gasteiger partial charge in [-0.1, -0.05) is 18.8 Å². The van der Waals surface area contributed by atoms with Gasteiger partial charge < -0.3 is 10.4 Å². The lowest BCUT2D eigenvalue weighted by molar-refractivity contribution is 0.0958. The summed E-state index contributed by atoms with van der Waals surface area (Å²) in [7, 11) is 0. The third-order valence-electron chi connectivity index (χ3n) is 2.07. The maximum atomic E-state index is 11.7. The molecule has 1 unspecified atom stereocenters. The first-order valence-corrected chi connectivity index (χ1v) is 7.28. The van der Waals surface area contributed by atoms with Crippen molar-refractivity contribution in [3.8, 4) is 11.8 Å². The highest BCUT2D eigenvalue weighted by molar-refractivity contribution is 7.99. The van der Waals surface area contributed by atoms with E-state index in [2.05, 4.69) is 24.1 Å². The van der Waals surface area contributed by atoms with Crippen molar-refractivity contribution in [2.75, 3.05) is 19.4 Å². The van der Waals surface area contributed by atoms with Crippen molar-refractivity contribution in [1.29, 1.82) is 0 Å². The minimum Gasteiger partial charge on any atom is -0.384 e. The maximum absolute atomic E-state index is 11.7. The number of aliphatic hydroxyl groups is 1. The van der Waals surface area contributed by atoms with E-state index >= 15 is 0 Å². The Hall–Kier alpha value is -0.960. The standard InChI is InChI=1S/C12H15NO2S2/c1-9(16-2)8-13-12(15)11-6-5-10(17-11)4-3-7-14/h5-6,9,14H,7-8H2,1-2H3,(H,13,15). The molecular formula is C12H15NO2S2. The molecule has 0 aliphatic rings. The van der Waals surface area contributed by atoms with Crippen molar-refractivity contribution in [2.24, 2.45) is 0 Å². The molecule has 2 N–H and O–H groups in total. The molecule has 1 aromatic rings. The van der Waals surface area contributed by atoms with Gasteiger partial charge in [-0.05, 0) is 18.4 Å². The largest absolute Gasteiger partial charge is 0.384 e. The average Bonchev–Trinajstić information content (AvgIpc) is 2.81. The van der Waals surface area contributed by atoms with Crippen molar-refractivity contribution in [2.45, 2.75) is 12.2 Å². The van der Waals surface area contributed by atoms with Crippen LogP contribution in [0.25, 0.3) is 0 Å². The number of nitrogens with one attached hydrogen (secondary N) is 1. The number of amides is 1. The van der Waals surface area contributed by atoms with Gasteiger partial charge >= 0.3 is 0 Å². The van der Waals surface area contributed by atoms with Crippen LogP contribution in [-0.2, 0) is 0 Å². The van der Waals surface area contributed by atoms with E-state index in [1.54, 1.807) is 23.9 Å². The van der Waals surface area contributed by atoms with Gasteiger partial charge in [-0.15, -0.1) is 11.3 Å². The Bertz CT molecular complexity index is 431. The quantitative estimate of drug-likeness (QED) is 0.816.